The van der Waals surface area contributed by atoms with Crippen molar-refractivity contribution in [3.63, 3.8) is 0 Å². The van der Waals surface area contributed by atoms with E-state index in [1.54, 1.807) is 18.1 Å². The first-order valence-corrected chi connectivity index (χ1v) is 8.76. The highest BCUT2D eigenvalue weighted by Crippen LogP contribution is 2.27. The van der Waals surface area contributed by atoms with E-state index in [-0.39, 0.29) is 18.0 Å². The van der Waals surface area contributed by atoms with Crippen LogP contribution >= 0.6 is 0 Å². The first-order chi connectivity index (χ1) is 13.2. The Hall–Kier alpha value is -3.41. The number of aromatic nitrogens is 2. The van der Waals surface area contributed by atoms with Crippen LogP contribution in [0.15, 0.2) is 65.5 Å². The van der Waals surface area contributed by atoms with Gasteiger partial charge in [-0.2, -0.15) is 5.10 Å². The lowest BCUT2D eigenvalue weighted by Gasteiger charge is -2.17. The largest absolute Gasteiger partial charge is 0.497 e. The first kappa shape index (κ1) is 17.0. The molecule has 2 aromatic carbocycles. The summed E-state index contributed by atoms with van der Waals surface area (Å²) in [5.41, 5.74) is 3.20. The van der Waals surface area contributed by atoms with Crippen LogP contribution in [0.2, 0.25) is 0 Å². The number of ether oxygens (including phenoxy) is 1. The van der Waals surface area contributed by atoms with Crippen molar-refractivity contribution < 1.29 is 9.53 Å². The van der Waals surface area contributed by atoms with Crippen LogP contribution in [0, 0.1) is 0 Å². The molecule has 6 nitrogen and oxygen atoms in total. The Morgan fingerprint density at radius 2 is 1.96 bits per heavy atom. The van der Waals surface area contributed by atoms with Crippen molar-refractivity contribution in [1.82, 2.24) is 9.78 Å². The van der Waals surface area contributed by atoms with Crippen molar-refractivity contribution in [1.29, 1.82) is 0 Å². The molecule has 1 amide bonds. The molecule has 1 aliphatic rings. The molecule has 0 radical (unpaired) electrons. The van der Waals surface area contributed by atoms with Gasteiger partial charge in [-0.25, -0.2) is 4.68 Å². The summed E-state index contributed by atoms with van der Waals surface area (Å²) in [5.74, 6) is 0.564. The van der Waals surface area contributed by atoms with E-state index >= 15 is 0 Å². The maximum absolute atomic E-state index is 12.8. The number of benzene rings is 2. The Balaban J connectivity index is 1.61. The lowest BCUT2D eigenvalue weighted by atomic mass is 10.1. The zero-order valence-corrected chi connectivity index (χ0v) is 15.0. The van der Waals surface area contributed by atoms with Gasteiger partial charge in [-0.15, -0.1) is 0 Å². The number of hydrogen-bond acceptors (Lipinski definition) is 4. The van der Waals surface area contributed by atoms with Crippen molar-refractivity contribution in [3.05, 3.63) is 76.6 Å². The number of anilines is 1. The molecular formula is C21H19N3O3. The second kappa shape index (κ2) is 7.07. The van der Waals surface area contributed by atoms with Gasteiger partial charge in [0.15, 0.2) is 0 Å². The fourth-order valence-electron chi connectivity index (χ4n) is 3.31. The lowest BCUT2D eigenvalue weighted by molar-refractivity contribution is -0.119. The molecule has 0 atom stereocenters. The first-order valence-electron chi connectivity index (χ1n) is 8.76. The van der Waals surface area contributed by atoms with E-state index < -0.39 is 0 Å². The number of methoxy groups -OCH3 is 1. The van der Waals surface area contributed by atoms with Crippen molar-refractivity contribution in [3.8, 4) is 17.0 Å². The molecule has 0 fully saturated rings. The fourth-order valence-corrected chi connectivity index (χ4v) is 3.31. The molecule has 0 bridgehead atoms. The lowest BCUT2D eigenvalue weighted by Crippen LogP contribution is -2.36. The van der Waals surface area contributed by atoms with Gasteiger partial charge in [-0.05, 0) is 36.2 Å². The number of rotatable bonds is 4. The molecule has 0 saturated heterocycles. The Bertz CT molecular complexity index is 1060. The van der Waals surface area contributed by atoms with E-state index in [2.05, 4.69) is 5.10 Å². The van der Waals surface area contributed by atoms with Crippen molar-refractivity contribution in [2.24, 2.45) is 0 Å². The fraction of sp³-hybridized carbons (Fsp3) is 0.190. The van der Waals surface area contributed by atoms with E-state index in [1.807, 2.05) is 48.5 Å². The van der Waals surface area contributed by atoms with Gasteiger partial charge >= 0.3 is 0 Å². The maximum atomic E-state index is 12.8. The zero-order valence-electron chi connectivity index (χ0n) is 15.0. The number of nitrogens with zero attached hydrogens (tertiary/aromatic N) is 3. The van der Waals surface area contributed by atoms with Gasteiger partial charge in [0.25, 0.3) is 5.56 Å². The molecule has 0 unspecified atom stereocenters. The molecule has 0 saturated carbocycles. The Kier molecular flexibility index (Phi) is 4.46. The molecule has 1 aromatic heterocycles. The molecule has 0 spiro atoms. The molecule has 0 N–H and O–H groups in total. The second-order valence-electron chi connectivity index (χ2n) is 6.37. The summed E-state index contributed by atoms with van der Waals surface area (Å²) in [6, 6.07) is 18.4. The van der Waals surface area contributed by atoms with Crippen LogP contribution in [0.1, 0.15) is 5.56 Å². The highest BCUT2D eigenvalue weighted by atomic mass is 16.5. The minimum absolute atomic E-state index is 0.0923. The summed E-state index contributed by atoms with van der Waals surface area (Å²) in [4.78, 5) is 26.7. The van der Waals surface area contributed by atoms with Crippen molar-refractivity contribution in [2.75, 3.05) is 18.6 Å². The minimum atomic E-state index is -0.303. The Morgan fingerprint density at radius 1 is 1.11 bits per heavy atom. The monoisotopic (exact) mass is 361 g/mol. The number of amides is 1. The smallest absolute Gasteiger partial charge is 0.267 e. The number of hydrogen-bond donors (Lipinski definition) is 0. The van der Waals surface area contributed by atoms with Crippen molar-refractivity contribution in [2.45, 2.75) is 13.0 Å². The van der Waals surface area contributed by atoms with Crippen LogP contribution in [0.3, 0.4) is 0 Å². The van der Waals surface area contributed by atoms with E-state index in [0.29, 0.717) is 18.0 Å². The highest BCUT2D eigenvalue weighted by molar-refractivity contribution is 5.95. The van der Waals surface area contributed by atoms with E-state index in [1.165, 1.54) is 10.7 Å². The molecule has 27 heavy (non-hydrogen) atoms. The summed E-state index contributed by atoms with van der Waals surface area (Å²) in [7, 11) is 1.60. The quantitative estimate of drug-likeness (QED) is 0.716. The van der Waals surface area contributed by atoms with Crippen LogP contribution in [-0.2, 0) is 17.8 Å². The molecule has 1 aliphatic heterocycles. The van der Waals surface area contributed by atoms with Crippen LogP contribution < -0.4 is 15.2 Å². The van der Waals surface area contributed by atoms with Gasteiger partial charge in [-0.3, -0.25) is 9.59 Å². The second-order valence-corrected chi connectivity index (χ2v) is 6.37. The Morgan fingerprint density at radius 3 is 2.81 bits per heavy atom. The molecular weight excluding hydrogens is 342 g/mol. The van der Waals surface area contributed by atoms with Gasteiger partial charge in [0.1, 0.15) is 12.3 Å². The predicted molar refractivity (Wildman–Crippen MR) is 103 cm³/mol. The van der Waals surface area contributed by atoms with E-state index in [4.69, 9.17) is 4.74 Å². The SMILES string of the molecule is COc1cccc(-c2ccc(=O)n(CC(=O)N3CCc4ccccc43)n2)c1. The molecule has 6 heteroatoms. The molecule has 0 aliphatic carbocycles. The molecule has 3 aromatic rings. The number of para-hydroxylation sites is 1. The number of carbonyl (C=O) groups excluding carboxylic acids is 1. The number of carbonyl (C=O) groups is 1. The van der Waals surface area contributed by atoms with E-state index in [0.717, 1.165) is 23.2 Å². The average molecular weight is 361 g/mol. The van der Waals surface area contributed by atoms with Crippen molar-refractivity contribution >= 4 is 11.6 Å². The van der Waals surface area contributed by atoms with Crippen LogP contribution in [0.5, 0.6) is 5.75 Å². The summed E-state index contributed by atoms with van der Waals surface area (Å²) in [5, 5.41) is 4.39. The van der Waals surface area contributed by atoms with Crippen LogP contribution in [0.4, 0.5) is 5.69 Å². The standard InChI is InChI=1S/C21H19N3O3/c1-27-17-7-4-6-16(13-17)18-9-10-20(25)24(22-18)14-21(26)23-12-11-15-5-2-3-8-19(15)23/h2-10,13H,11-12,14H2,1H3. The number of fused-ring (bicyclic) bond motifs is 1. The summed E-state index contributed by atoms with van der Waals surface area (Å²) >= 11 is 0. The van der Waals surface area contributed by atoms with Gasteiger partial charge < -0.3 is 9.64 Å². The molecule has 4 rings (SSSR count). The van der Waals surface area contributed by atoms with Gasteiger partial charge in [0.05, 0.1) is 12.8 Å². The minimum Gasteiger partial charge on any atom is -0.497 e. The normalized spacial score (nSPS) is 12.7. The Labute approximate surface area is 156 Å². The van der Waals surface area contributed by atoms with Crippen LogP contribution in [-0.4, -0.2) is 29.3 Å². The summed E-state index contributed by atoms with van der Waals surface area (Å²) in [6.45, 7) is 0.535. The maximum Gasteiger partial charge on any atom is 0.267 e. The van der Waals surface area contributed by atoms with Crippen LogP contribution in [0.25, 0.3) is 11.3 Å². The summed E-state index contributed by atoms with van der Waals surface area (Å²) < 4.78 is 6.46. The van der Waals surface area contributed by atoms with Gasteiger partial charge in [0.2, 0.25) is 5.91 Å². The third-order valence-corrected chi connectivity index (χ3v) is 4.71. The third kappa shape index (κ3) is 3.33. The molecule has 136 valence electrons. The van der Waals surface area contributed by atoms with Gasteiger partial charge in [0, 0.05) is 23.9 Å². The highest BCUT2D eigenvalue weighted by Gasteiger charge is 2.24. The van der Waals surface area contributed by atoms with E-state index in [9.17, 15) is 9.59 Å². The summed E-state index contributed by atoms with van der Waals surface area (Å²) in [6.07, 6.45) is 0.827. The predicted octanol–water partition coefficient (Wildman–Crippen LogP) is 2.51. The topological polar surface area (TPSA) is 64.4 Å². The van der Waals surface area contributed by atoms with Gasteiger partial charge in [-0.1, -0.05) is 30.3 Å². The average Bonchev–Trinajstić information content (AvgIpc) is 3.14. The zero-order chi connectivity index (χ0) is 18.8. The molecule has 2 heterocycles. The third-order valence-electron chi connectivity index (χ3n) is 4.71.